The summed E-state index contributed by atoms with van der Waals surface area (Å²) in [6.07, 6.45) is 2.20. The molecule has 118 valence electrons. The predicted octanol–water partition coefficient (Wildman–Crippen LogP) is 2.39. The van der Waals surface area contributed by atoms with Crippen molar-refractivity contribution in [2.45, 2.75) is 23.2 Å². The summed E-state index contributed by atoms with van der Waals surface area (Å²) in [6.45, 7) is 2.63. The molecule has 1 saturated heterocycles. The van der Waals surface area contributed by atoms with Crippen LogP contribution < -0.4 is 10.6 Å². The maximum atomic E-state index is 12.4. The third-order valence-corrected chi connectivity index (χ3v) is 4.97. The lowest BCUT2D eigenvalue weighted by molar-refractivity contribution is -0.0436. The number of piperidine rings is 1. The van der Waals surface area contributed by atoms with Crippen LogP contribution in [0.3, 0.4) is 0 Å². The Morgan fingerprint density at radius 3 is 2.43 bits per heavy atom. The van der Waals surface area contributed by atoms with Crippen molar-refractivity contribution in [3.05, 3.63) is 24.3 Å². The number of rotatable bonds is 4. The van der Waals surface area contributed by atoms with Crippen molar-refractivity contribution in [2.24, 2.45) is 5.92 Å². The fourth-order valence-corrected chi connectivity index (χ4v) is 3.01. The SMILES string of the molecule is O=S(=O)(c1ccc(NCC2CCCNC2)cc1)C(F)(F)F. The molecule has 2 rings (SSSR count). The maximum Gasteiger partial charge on any atom is 0.501 e. The van der Waals surface area contributed by atoms with E-state index in [-0.39, 0.29) is 0 Å². The standard InChI is InChI=1S/C13H17F3N2O2S/c14-13(15,16)21(19,20)12-5-3-11(4-6-12)18-9-10-2-1-7-17-8-10/h3-6,10,17-18H,1-2,7-9H2. The van der Waals surface area contributed by atoms with Crippen LogP contribution in [-0.2, 0) is 9.84 Å². The van der Waals surface area contributed by atoms with Gasteiger partial charge in [0.1, 0.15) is 0 Å². The number of benzene rings is 1. The molecule has 1 atom stereocenters. The number of anilines is 1. The second-order valence-corrected chi connectivity index (χ2v) is 7.01. The minimum atomic E-state index is -5.27. The zero-order chi connectivity index (χ0) is 15.5. The lowest BCUT2D eigenvalue weighted by atomic mass is 10.00. The van der Waals surface area contributed by atoms with Crippen LogP contribution in [0.25, 0.3) is 0 Å². The highest BCUT2D eigenvalue weighted by molar-refractivity contribution is 7.92. The molecule has 0 bridgehead atoms. The molecular formula is C13H17F3N2O2S. The summed E-state index contributed by atoms with van der Waals surface area (Å²) < 4.78 is 59.6. The molecule has 1 aromatic carbocycles. The topological polar surface area (TPSA) is 58.2 Å². The third kappa shape index (κ3) is 3.88. The first-order valence-electron chi connectivity index (χ1n) is 6.67. The highest BCUT2D eigenvalue weighted by atomic mass is 32.2. The monoisotopic (exact) mass is 322 g/mol. The van der Waals surface area contributed by atoms with E-state index < -0.39 is 20.2 Å². The van der Waals surface area contributed by atoms with Crippen LogP contribution in [0, 0.1) is 5.92 Å². The van der Waals surface area contributed by atoms with Crippen LogP contribution in [0.15, 0.2) is 29.2 Å². The Morgan fingerprint density at radius 1 is 1.24 bits per heavy atom. The zero-order valence-corrected chi connectivity index (χ0v) is 12.1. The first kappa shape index (κ1) is 16.1. The summed E-state index contributed by atoms with van der Waals surface area (Å²) in [5, 5.41) is 6.39. The van der Waals surface area contributed by atoms with Crippen LogP contribution in [0.5, 0.6) is 0 Å². The highest BCUT2D eigenvalue weighted by Crippen LogP contribution is 2.30. The summed E-state index contributed by atoms with van der Waals surface area (Å²) in [6, 6.07) is 4.66. The van der Waals surface area contributed by atoms with Crippen molar-refractivity contribution in [1.29, 1.82) is 0 Å². The predicted molar refractivity (Wildman–Crippen MR) is 73.8 cm³/mol. The van der Waals surface area contributed by atoms with Crippen molar-refractivity contribution in [3.63, 3.8) is 0 Å². The third-order valence-electron chi connectivity index (χ3n) is 3.46. The molecular weight excluding hydrogens is 305 g/mol. The summed E-state index contributed by atoms with van der Waals surface area (Å²) in [4.78, 5) is -0.736. The number of halogens is 3. The van der Waals surface area contributed by atoms with E-state index >= 15 is 0 Å². The van der Waals surface area contributed by atoms with Gasteiger partial charge < -0.3 is 10.6 Å². The first-order valence-corrected chi connectivity index (χ1v) is 8.15. The Morgan fingerprint density at radius 2 is 1.90 bits per heavy atom. The Hall–Kier alpha value is -1.28. The van der Waals surface area contributed by atoms with E-state index in [1.807, 2.05) is 0 Å². The van der Waals surface area contributed by atoms with Crippen LogP contribution in [0.1, 0.15) is 12.8 Å². The normalized spacial score (nSPS) is 20.2. The van der Waals surface area contributed by atoms with Gasteiger partial charge in [0, 0.05) is 12.2 Å². The second-order valence-electron chi connectivity index (χ2n) is 5.07. The molecule has 21 heavy (non-hydrogen) atoms. The van der Waals surface area contributed by atoms with Gasteiger partial charge in [-0.2, -0.15) is 13.2 Å². The van der Waals surface area contributed by atoms with Gasteiger partial charge in [0.05, 0.1) is 4.90 Å². The molecule has 1 aromatic rings. The quantitative estimate of drug-likeness (QED) is 0.894. The number of sulfone groups is 1. The molecule has 1 fully saturated rings. The molecule has 2 N–H and O–H groups in total. The van der Waals surface area contributed by atoms with Gasteiger partial charge in [0.2, 0.25) is 0 Å². The molecule has 8 heteroatoms. The van der Waals surface area contributed by atoms with Crippen LogP contribution in [-0.4, -0.2) is 33.6 Å². The number of nitrogens with one attached hydrogen (secondary N) is 2. The highest BCUT2D eigenvalue weighted by Gasteiger charge is 2.46. The molecule has 1 aliphatic heterocycles. The molecule has 4 nitrogen and oxygen atoms in total. The van der Waals surface area contributed by atoms with Crippen molar-refractivity contribution in [1.82, 2.24) is 5.32 Å². The lowest BCUT2D eigenvalue weighted by Crippen LogP contribution is -2.33. The van der Waals surface area contributed by atoms with Gasteiger partial charge in [0.25, 0.3) is 9.84 Å². The van der Waals surface area contributed by atoms with Crippen molar-refractivity contribution in [3.8, 4) is 0 Å². The molecule has 1 aliphatic rings. The zero-order valence-electron chi connectivity index (χ0n) is 11.3. The fourth-order valence-electron chi connectivity index (χ4n) is 2.25. The summed E-state index contributed by atoms with van der Waals surface area (Å²) in [7, 11) is -5.27. The number of hydrogen-bond donors (Lipinski definition) is 2. The lowest BCUT2D eigenvalue weighted by Gasteiger charge is -2.23. The van der Waals surface area contributed by atoms with Gasteiger partial charge in [-0.3, -0.25) is 0 Å². The van der Waals surface area contributed by atoms with Gasteiger partial charge in [0.15, 0.2) is 0 Å². The molecule has 0 amide bonds. The average Bonchev–Trinajstić information content (AvgIpc) is 2.45. The van der Waals surface area contributed by atoms with Crippen molar-refractivity contribution < 1.29 is 21.6 Å². The molecule has 0 saturated carbocycles. The van der Waals surface area contributed by atoms with E-state index in [4.69, 9.17) is 0 Å². The molecule has 1 heterocycles. The average molecular weight is 322 g/mol. The summed E-state index contributed by atoms with van der Waals surface area (Å²) in [5.41, 5.74) is -4.66. The van der Waals surface area contributed by atoms with E-state index in [1.54, 1.807) is 0 Å². The van der Waals surface area contributed by atoms with Crippen molar-refractivity contribution in [2.75, 3.05) is 25.0 Å². The van der Waals surface area contributed by atoms with E-state index in [2.05, 4.69) is 10.6 Å². The summed E-state index contributed by atoms with van der Waals surface area (Å²) >= 11 is 0. The first-order chi connectivity index (χ1) is 9.80. The van der Waals surface area contributed by atoms with E-state index in [0.29, 0.717) is 18.2 Å². The van der Waals surface area contributed by atoms with Gasteiger partial charge in [-0.1, -0.05) is 0 Å². The largest absolute Gasteiger partial charge is 0.501 e. The number of alkyl halides is 3. The van der Waals surface area contributed by atoms with Gasteiger partial charge in [-0.05, 0) is 56.1 Å². The second kappa shape index (κ2) is 6.23. The Kier molecular flexibility index (Phi) is 4.77. The summed E-state index contributed by atoms with van der Waals surface area (Å²) in [5.74, 6) is 0.470. The molecule has 0 aromatic heterocycles. The maximum absolute atomic E-state index is 12.4. The Bertz CT molecular complexity index is 564. The van der Waals surface area contributed by atoms with Crippen LogP contribution in [0.4, 0.5) is 18.9 Å². The minimum Gasteiger partial charge on any atom is -0.385 e. The van der Waals surface area contributed by atoms with E-state index in [0.717, 1.165) is 38.1 Å². The van der Waals surface area contributed by atoms with Crippen LogP contribution in [0.2, 0.25) is 0 Å². The fraction of sp³-hybridized carbons (Fsp3) is 0.538. The molecule has 0 radical (unpaired) electrons. The molecule has 1 unspecified atom stereocenters. The number of hydrogen-bond acceptors (Lipinski definition) is 4. The molecule has 0 aliphatic carbocycles. The van der Waals surface area contributed by atoms with Gasteiger partial charge >= 0.3 is 5.51 Å². The van der Waals surface area contributed by atoms with Crippen LogP contribution >= 0.6 is 0 Å². The van der Waals surface area contributed by atoms with Gasteiger partial charge in [-0.25, -0.2) is 8.42 Å². The minimum absolute atomic E-state index is 0.470. The van der Waals surface area contributed by atoms with Gasteiger partial charge in [-0.15, -0.1) is 0 Å². The Labute approximate surface area is 121 Å². The van der Waals surface area contributed by atoms with Crippen molar-refractivity contribution >= 4 is 15.5 Å². The Balaban J connectivity index is 1.99. The van der Waals surface area contributed by atoms with E-state index in [9.17, 15) is 21.6 Å². The molecule has 0 spiro atoms. The smallest absolute Gasteiger partial charge is 0.385 e. The van der Waals surface area contributed by atoms with E-state index in [1.165, 1.54) is 12.1 Å².